The molecule has 0 radical (unpaired) electrons. The van der Waals surface area contributed by atoms with Crippen LogP contribution in [0.3, 0.4) is 0 Å². The van der Waals surface area contributed by atoms with Gasteiger partial charge in [-0.1, -0.05) is 0 Å². The molecule has 0 atom stereocenters. The molecule has 2 aromatic carbocycles. The number of hydrogen-bond acceptors (Lipinski definition) is 6. The Kier molecular flexibility index (Phi) is 7.44. The molecule has 11 heteroatoms. The summed E-state index contributed by atoms with van der Waals surface area (Å²) in [5.41, 5.74) is 0.401. The van der Waals surface area contributed by atoms with E-state index in [9.17, 15) is 28.1 Å². The van der Waals surface area contributed by atoms with Crippen molar-refractivity contribution in [2.75, 3.05) is 60.9 Å². The van der Waals surface area contributed by atoms with E-state index < -0.39 is 22.4 Å². The molecule has 0 saturated carbocycles. The lowest BCUT2D eigenvalue weighted by molar-refractivity contribution is -0.384. The maximum absolute atomic E-state index is 13.0. The Morgan fingerprint density at radius 3 is 2.17 bits per heavy atom. The third-order valence-corrected chi connectivity index (χ3v) is 6.45. The van der Waals surface area contributed by atoms with Crippen molar-refractivity contribution in [3.8, 4) is 0 Å². The summed E-state index contributed by atoms with van der Waals surface area (Å²) < 4.78 is 38.9. The van der Waals surface area contributed by atoms with E-state index in [0.29, 0.717) is 32.2 Å². The Bertz CT molecular complexity index is 1050. The average Bonchev–Trinajstić information content (AvgIpc) is 2.84. The van der Waals surface area contributed by atoms with E-state index in [-0.39, 0.29) is 18.1 Å². The smallest absolute Gasteiger partial charge is 0.372 e. The summed E-state index contributed by atoms with van der Waals surface area (Å²) in [5.74, 6) is -0.162. The van der Waals surface area contributed by atoms with Crippen LogP contribution in [0.25, 0.3) is 0 Å². The lowest BCUT2D eigenvalue weighted by Crippen LogP contribution is -2.48. The van der Waals surface area contributed by atoms with Crippen molar-refractivity contribution < 1.29 is 22.9 Å². The second kappa shape index (κ2) is 10.5. The largest absolute Gasteiger partial charge is 0.416 e. The number of alkyl halides is 3. The first-order valence-corrected chi connectivity index (χ1v) is 11.7. The van der Waals surface area contributed by atoms with Gasteiger partial charge in [0, 0.05) is 56.7 Å². The molecule has 2 aromatic rings. The second-order valence-electron chi connectivity index (χ2n) is 8.86. The van der Waals surface area contributed by atoms with Crippen molar-refractivity contribution in [1.29, 1.82) is 0 Å². The summed E-state index contributed by atoms with van der Waals surface area (Å²) in [6.07, 6.45) is -1.00. The summed E-state index contributed by atoms with van der Waals surface area (Å²) in [7, 11) is 0. The van der Waals surface area contributed by atoms with Crippen LogP contribution in [-0.4, -0.2) is 61.5 Å². The molecule has 2 aliphatic rings. The predicted octanol–water partition coefficient (Wildman–Crippen LogP) is 4.36. The topological polar surface area (TPSA) is 82.0 Å². The zero-order chi connectivity index (χ0) is 25.0. The number of piperidine rings is 1. The highest BCUT2D eigenvalue weighted by molar-refractivity contribution is 5.92. The number of carbonyl (C=O) groups is 1. The van der Waals surface area contributed by atoms with Crippen LogP contribution >= 0.6 is 0 Å². The third kappa shape index (κ3) is 6.21. The van der Waals surface area contributed by atoms with Crippen LogP contribution in [0.1, 0.15) is 24.8 Å². The van der Waals surface area contributed by atoms with Crippen molar-refractivity contribution in [2.45, 2.75) is 25.4 Å². The molecule has 1 amide bonds. The summed E-state index contributed by atoms with van der Waals surface area (Å²) in [6, 6.07) is 10.4. The van der Waals surface area contributed by atoms with Crippen molar-refractivity contribution in [3.05, 3.63) is 58.1 Å². The minimum Gasteiger partial charge on any atom is -0.372 e. The molecule has 8 nitrogen and oxygen atoms in total. The number of piperazine rings is 1. The van der Waals surface area contributed by atoms with Gasteiger partial charge in [-0.2, -0.15) is 13.2 Å². The van der Waals surface area contributed by atoms with Gasteiger partial charge in [0.05, 0.1) is 17.0 Å². The SMILES string of the molecule is O=C(CN1CCN(c2ccc(C(F)(F)F)cc2[N+](=O)[O-])CC1)Nc1ccc(N2CCCCC2)cc1. The number of carbonyl (C=O) groups excluding carboxylic acids is 1. The van der Waals surface area contributed by atoms with E-state index >= 15 is 0 Å². The molecule has 4 rings (SSSR count). The molecule has 0 spiro atoms. The van der Waals surface area contributed by atoms with Crippen LogP contribution in [-0.2, 0) is 11.0 Å². The zero-order valence-electron chi connectivity index (χ0n) is 19.3. The summed E-state index contributed by atoms with van der Waals surface area (Å²) >= 11 is 0. The average molecular weight is 492 g/mol. The molecule has 188 valence electrons. The van der Waals surface area contributed by atoms with Crippen LogP contribution in [0.5, 0.6) is 0 Å². The summed E-state index contributed by atoms with van der Waals surface area (Å²) in [6.45, 7) is 3.91. The van der Waals surface area contributed by atoms with E-state index in [4.69, 9.17) is 0 Å². The Morgan fingerprint density at radius 2 is 1.57 bits per heavy atom. The molecular weight excluding hydrogens is 463 g/mol. The fourth-order valence-corrected chi connectivity index (χ4v) is 4.57. The molecule has 2 aliphatic heterocycles. The highest BCUT2D eigenvalue weighted by atomic mass is 19.4. The van der Waals surface area contributed by atoms with E-state index in [1.54, 1.807) is 4.90 Å². The quantitative estimate of drug-likeness (QED) is 0.478. The van der Waals surface area contributed by atoms with Gasteiger partial charge in [-0.05, 0) is 55.7 Å². The Morgan fingerprint density at radius 1 is 0.914 bits per heavy atom. The van der Waals surface area contributed by atoms with E-state index in [2.05, 4.69) is 10.2 Å². The van der Waals surface area contributed by atoms with Gasteiger partial charge in [0.15, 0.2) is 0 Å². The number of nitro benzene ring substituents is 1. The Balaban J connectivity index is 1.30. The highest BCUT2D eigenvalue weighted by Gasteiger charge is 2.34. The molecular formula is C24H28F3N5O3. The minimum absolute atomic E-state index is 0.154. The molecule has 0 aliphatic carbocycles. The van der Waals surface area contributed by atoms with Crippen molar-refractivity contribution in [2.24, 2.45) is 0 Å². The minimum atomic E-state index is -4.65. The van der Waals surface area contributed by atoms with E-state index in [0.717, 1.165) is 36.6 Å². The molecule has 1 N–H and O–H groups in total. The van der Waals surface area contributed by atoms with Crippen molar-refractivity contribution >= 4 is 28.7 Å². The number of amides is 1. The highest BCUT2D eigenvalue weighted by Crippen LogP contribution is 2.36. The van der Waals surface area contributed by atoms with Crippen LogP contribution in [0.2, 0.25) is 0 Å². The van der Waals surface area contributed by atoms with Gasteiger partial charge in [0.2, 0.25) is 5.91 Å². The standard InChI is InChI=1S/C24H28F3N5O3/c25-24(26,27)18-4-9-21(22(16-18)32(34)35)31-14-12-29(13-15-31)17-23(33)28-19-5-7-20(8-6-19)30-10-2-1-3-11-30/h4-9,16H,1-3,10-15,17H2,(H,28,33). The Hall–Kier alpha value is -3.34. The van der Waals surface area contributed by atoms with Gasteiger partial charge in [0.25, 0.3) is 5.69 Å². The lowest BCUT2D eigenvalue weighted by atomic mass is 10.1. The number of nitrogens with one attached hydrogen (secondary N) is 1. The normalized spacial score (nSPS) is 17.3. The lowest BCUT2D eigenvalue weighted by Gasteiger charge is -2.35. The van der Waals surface area contributed by atoms with Gasteiger partial charge in [0.1, 0.15) is 5.69 Å². The Labute approximate surface area is 201 Å². The van der Waals surface area contributed by atoms with Gasteiger partial charge in [-0.3, -0.25) is 19.8 Å². The molecule has 0 aromatic heterocycles. The molecule has 2 heterocycles. The fourth-order valence-electron chi connectivity index (χ4n) is 4.57. The van der Waals surface area contributed by atoms with Crippen LogP contribution in [0.4, 0.5) is 35.9 Å². The second-order valence-corrected chi connectivity index (χ2v) is 8.86. The van der Waals surface area contributed by atoms with Gasteiger partial charge in [-0.25, -0.2) is 0 Å². The first kappa shape index (κ1) is 24.8. The summed E-state index contributed by atoms with van der Waals surface area (Å²) in [5, 5.41) is 14.3. The van der Waals surface area contributed by atoms with Crippen LogP contribution < -0.4 is 15.1 Å². The van der Waals surface area contributed by atoms with Gasteiger partial charge < -0.3 is 15.1 Å². The monoisotopic (exact) mass is 491 g/mol. The van der Waals surface area contributed by atoms with Gasteiger partial charge in [-0.15, -0.1) is 0 Å². The first-order chi connectivity index (χ1) is 16.7. The number of hydrogen-bond donors (Lipinski definition) is 1. The fraction of sp³-hybridized carbons (Fsp3) is 0.458. The maximum atomic E-state index is 13.0. The van der Waals surface area contributed by atoms with E-state index in [1.807, 2.05) is 29.2 Å². The number of nitro groups is 1. The molecule has 0 bridgehead atoms. The number of benzene rings is 2. The molecule has 0 unspecified atom stereocenters. The number of rotatable bonds is 6. The first-order valence-electron chi connectivity index (χ1n) is 11.7. The predicted molar refractivity (Wildman–Crippen MR) is 128 cm³/mol. The number of anilines is 3. The summed E-state index contributed by atoms with van der Waals surface area (Å²) in [4.78, 5) is 29.1. The van der Waals surface area contributed by atoms with E-state index in [1.165, 1.54) is 19.3 Å². The van der Waals surface area contributed by atoms with Crippen LogP contribution in [0, 0.1) is 10.1 Å². The maximum Gasteiger partial charge on any atom is 0.416 e. The third-order valence-electron chi connectivity index (χ3n) is 6.45. The van der Waals surface area contributed by atoms with Crippen LogP contribution in [0.15, 0.2) is 42.5 Å². The zero-order valence-corrected chi connectivity index (χ0v) is 19.3. The molecule has 2 saturated heterocycles. The molecule has 35 heavy (non-hydrogen) atoms. The number of halogens is 3. The van der Waals surface area contributed by atoms with Crippen molar-refractivity contribution in [1.82, 2.24) is 4.90 Å². The molecule has 2 fully saturated rings. The van der Waals surface area contributed by atoms with Gasteiger partial charge >= 0.3 is 6.18 Å². The van der Waals surface area contributed by atoms with Crippen molar-refractivity contribution in [3.63, 3.8) is 0 Å². The number of nitrogens with zero attached hydrogens (tertiary/aromatic N) is 4.